The van der Waals surface area contributed by atoms with Gasteiger partial charge in [0.05, 0.1) is 5.92 Å². The Hall–Kier alpha value is -3.71. The molecule has 0 unspecified atom stereocenters. The first-order valence-electron chi connectivity index (χ1n) is 10.4. The predicted octanol–water partition coefficient (Wildman–Crippen LogP) is 3.75. The van der Waals surface area contributed by atoms with Crippen LogP contribution in [0.3, 0.4) is 0 Å². The molecule has 5 rings (SSSR count). The molecule has 1 saturated carbocycles. The Morgan fingerprint density at radius 3 is 2.03 bits per heavy atom. The van der Waals surface area contributed by atoms with Crippen molar-refractivity contribution in [3.8, 4) is 11.5 Å². The molecule has 0 spiro atoms. The Morgan fingerprint density at radius 2 is 1.38 bits per heavy atom. The average Bonchev–Trinajstić information content (AvgIpc) is 3.62. The fraction of sp³-hybridized carbons (Fsp3) is 0.160. The van der Waals surface area contributed by atoms with E-state index >= 15 is 0 Å². The summed E-state index contributed by atoms with van der Waals surface area (Å²) < 4.78 is 5.94. The minimum absolute atomic E-state index is 0.0433. The number of rotatable bonds is 3. The number of nitrogens with one attached hydrogen (secondary N) is 3. The van der Waals surface area contributed by atoms with Crippen molar-refractivity contribution in [1.29, 1.82) is 0 Å². The summed E-state index contributed by atoms with van der Waals surface area (Å²) in [6, 6.07) is 24.8. The molecule has 2 atom stereocenters. The smallest absolute Gasteiger partial charge is 0.242 e. The molecule has 3 aromatic carbocycles. The van der Waals surface area contributed by atoms with Crippen molar-refractivity contribution < 1.29 is 14.3 Å². The van der Waals surface area contributed by atoms with E-state index in [1.165, 1.54) is 0 Å². The number of hydrazine groups is 1. The predicted molar refractivity (Wildman–Crippen MR) is 124 cm³/mol. The number of thiocarbonyl (C=S) groups is 1. The van der Waals surface area contributed by atoms with Gasteiger partial charge < -0.3 is 10.1 Å². The van der Waals surface area contributed by atoms with Crippen molar-refractivity contribution in [3.63, 3.8) is 0 Å². The van der Waals surface area contributed by atoms with E-state index in [1.54, 1.807) is 0 Å². The fourth-order valence-corrected chi connectivity index (χ4v) is 4.32. The molecule has 0 aromatic heterocycles. The van der Waals surface area contributed by atoms with Gasteiger partial charge in [-0.25, -0.2) is 0 Å². The molecule has 1 fully saturated rings. The second kappa shape index (κ2) is 8.43. The zero-order valence-electron chi connectivity index (χ0n) is 17.1. The van der Waals surface area contributed by atoms with Gasteiger partial charge in [0.1, 0.15) is 11.5 Å². The molecule has 160 valence electrons. The van der Waals surface area contributed by atoms with E-state index in [2.05, 4.69) is 16.2 Å². The number of benzene rings is 3. The highest BCUT2D eigenvalue weighted by molar-refractivity contribution is 7.80. The maximum atomic E-state index is 13.2. The third kappa shape index (κ3) is 3.94. The van der Waals surface area contributed by atoms with Crippen molar-refractivity contribution in [3.05, 3.63) is 95.6 Å². The number of para-hydroxylation sites is 2. The fourth-order valence-electron chi connectivity index (χ4n) is 4.17. The molecule has 32 heavy (non-hydrogen) atoms. The maximum Gasteiger partial charge on any atom is 0.242 e. The lowest BCUT2D eigenvalue weighted by Gasteiger charge is -2.27. The lowest BCUT2D eigenvalue weighted by atomic mass is 9.87. The van der Waals surface area contributed by atoms with E-state index < -0.39 is 5.92 Å². The van der Waals surface area contributed by atoms with Crippen LogP contribution in [-0.4, -0.2) is 16.9 Å². The van der Waals surface area contributed by atoms with E-state index in [0.29, 0.717) is 11.5 Å². The zero-order chi connectivity index (χ0) is 22.1. The van der Waals surface area contributed by atoms with Gasteiger partial charge in [0.15, 0.2) is 5.11 Å². The van der Waals surface area contributed by atoms with Crippen LogP contribution in [0.15, 0.2) is 78.9 Å². The molecule has 1 heterocycles. The van der Waals surface area contributed by atoms with E-state index in [9.17, 15) is 9.59 Å². The number of fused-ring (bicyclic) bond motifs is 2. The number of amides is 2. The number of carbonyl (C=O) groups excluding carboxylic acids is 2. The van der Waals surface area contributed by atoms with Crippen LogP contribution in [0.1, 0.15) is 34.9 Å². The van der Waals surface area contributed by atoms with Crippen molar-refractivity contribution in [1.82, 2.24) is 16.2 Å². The van der Waals surface area contributed by atoms with Gasteiger partial charge in [0.2, 0.25) is 11.8 Å². The minimum Gasteiger partial charge on any atom is -0.457 e. The SMILES string of the molecule is O=C(NC(=S)NNC(=O)[C@H]1C[C@H]1c1ccccc1)C1c2ccccc2Oc2ccccc21. The van der Waals surface area contributed by atoms with Gasteiger partial charge in [-0.15, -0.1) is 0 Å². The first kappa shape index (κ1) is 20.2. The highest BCUT2D eigenvalue weighted by Crippen LogP contribution is 2.47. The molecule has 2 amide bonds. The van der Waals surface area contributed by atoms with E-state index in [-0.39, 0.29) is 28.8 Å². The van der Waals surface area contributed by atoms with Gasteiger partial charge in [0, 0.05) is 17.0 Å². The molecule has 3 N–H and O–H groups in total. The Balaban J connectivity index is 1.21. The summed E-state index contributed by atoms with van der Waals surface area (Å²) in [6.45, 7) is 0. The van der Waals surface area contributed by atoms with E-state index in [0.717, 1.165) is 23.1 Å². The van der Waals surface area contributed by atoms with Gasteiger partial charge in [-0.3, -0.25) is 20.4 Å². The normalized spacial score (nSPS) is 18.4. The summed E-state index contributed by atoms with van der Waals surface area (Å²) in [7, 11) is 0. The third-order valence-electron chi connectivity index (χ3n) is 5.83. The van der Waals surface area contributed by atoms with Crippen LogP contribution in [0.4, 0.5) is 0 Å². The molecule has 6 nitrogen and oxygen atoms in total. The summed E-state index contributed by atoms with van der Waals surface area (Å²) in [6.07, 6.45) is 0.798. The quantitative estimate of drug-likeness (QED) is 0.424. The molecule has 2 aliphatic rings. The number of hydrogen-bond donors (Lipinski definition) is 3. The molecule has 1 aliphatic carbocycles. The van der Waals surface area contributed by atoms with Gasteiger partial charge >= 0.3 is 0 Å². The summed E-state index contributed by atoms with van der Waals surface area (Å²) >= 11 is 5.26. The Bertz CT molecular complexity index is 1150. The first-order chi connectivity index (χ1) is 15.6. The highest BCUT2D eigenvalue weighted by atomic mass is 32.1. The van der Waals surface area contributed by atoms with Crippen LogP contribution in [-0.2, 0) is 9.59 Å². The Morgan fingerprint density at radius 1 is 0.781 bits per heavy atom. The molecule has 7 heteroatoms. The molecule has 3 aromatic rings. The maximum absolute atomic E-state index is 13.2. The van der Waals surface area contributed by atoms with Crippen molar-refractivity contribution in [2.75, 3.05) is 0 Å². The van der Waals surface area contributed by atoms with Gasteiger partial charge in [0.25, 0.3) is 0 Å². The van der Waals surface area contributed by atoms with Crippen LogP contribution in [0.5, 0.6) is 11.5 Å². The summed E-state index contributed by atoms with van der Waals surface area (Å²) in [4.78, 5) is 25.6. The van der Waals surface area contributed by atoms with Gasteiger partial charge in [-0.05, 0) is 42.3 Å². The molecule has 0 bridgehead atoms. The highest BCUT2D eigenvalue weighted by Gasteiger charge is 2.44. The second-order valence-electron chi connectivity index (χ2n) is 7.90. The van der Waals surface area contributed by atoms with Crippen LogP contribution in [0.2, 0.25) is 0 Å². The Labute approximate surface area is 191 Å². The van der Waals surface area contributed by atoms with Crippen LogP contribution in [0.25, 0.3) is 0 Å². The second-order valence-corrected chi connectivity index (χ2v) is 8.31. The standard InChI is InChI=1S/C25H21N3O3S/c29-23(19-14-18(19)15-8-2-1-3-9-15)27-28-25(32)26-24(30)22-16-10-4-6-12-20(16)31-21-13-7-5-11-17(21)22/h1-13,18-19,22H,14H2,(H,27,29)(H2,26,28,30,32)/t18-,19-/m0/s1. The lowest BCUT2D eigenvalue weighted by Crippen LogP contribution is -2.50. The summed E-state index contributed by atoms with van der Waals surface area (Å²) in [5.41, 5.74) is 7.96. The van der Waals surface area contributed by atoms with Crippen LogP contribution >= 0.6 is 12.2 Å². The van der Waals surface area contributed by atoms with Crippen LogP contribution in [0, 0.1) is 5.92 Å². The summed E-state index contributed by atoms with van der Waals surface area (Å²) in [5, 5.41) is 2.74. The number of ether oxygens (including phenoxy) is 1. The first-order valence-corrected chi connectivity index (χ1v) is 10.8. The number of hydrogen-bond acceptors (Lipinski definition) is 4. The van der Waals surface area contributed by atoms with Crippen molar-refractivity contribution >= 4 is 29.1 Å². The molecule has 0 radical (unpaired) electrons. The lowest BCUT2D eigenvalue weighted by molar-refractivity contribution is -0.123. The third-order valence-corrected chi connectivity index (χ3v) is 6.04. The molecule has 0 saturated heterocycles. The van der Waals surface area contributed by atoms with E-state index in [4.69, 9.17) is 17.0 Å². The number of carbonyl (C=O) groups is 2. The monoisotopic (exact) mass is 443 g/mol. The van der Waals surface area contributed by atoms with Crippen molar-refractivity contribution in [2.45, 2.75) is 18.3 Å². The van der Waals surface area contributed by atoms with Gasteiger partial charge in [-0.2, -0.15) is 0 Å². The van der Waals surface area contributed by atoms with Crippen molar-refractivity contribution in [2.24, 2.45) is 5.92 Å². The molecular formula is C25H21N3O3S. The molecular weight excluding hydrogens is 422 g/mol. The minimum atomic E-state index is -0.572. The van der Waals surface area contributed by atoms with E-state index in [1.807, 2.05) is 78.9 Å². The topological polar surface area (TPSA) is 79.5 Å². The largest absolute Gasteiger partial charge is 0.457 e. The van der Waals surface area contributed by atoms with Crippen LogP contribution < -0.4 is 20.9 Å². The zero-order valence-corrected chi connectivity index (χ0v) is 17.9. The Kier molecular flexibility index (Phi) is 5.33. The summed E-state index contributed by atoms with van der Waals surface area (Å²) in [5.74, 6) is 0.385. The average molecular weight is 444 g/mol. The molecule has 1 aliphatic heterocycles. The van der Waals surface area contributed by atoms with Gasteiger partial charge in [-0.1, -0.05) is 66.7 Å².